The number of rotatable bonds is 1. The normalized spacial score (nSPS) is 10.2. The van der Waals surface area contributed by atoms with E-state index in [1.165, 1.54) is 5.46 Å². The van der Waals surface area contributed by atoms with Crippen molar-refractivity contribution in [1.29, 1.82) is 0 Å². The first-order chi connectivity index (χ1) is 6.29. The van der Waals surface area contributed by atoms with Crippen LogP contribution in [0, 0.1) is 0 Å². The van der Waals surface area contributed by atoms with E-state index < -0.39 is 0 Å². The zero-order chi connectivity index (χ0) is 9.26. The third kappa shape index (κ3) is 1.47. The van der Waals surface area contributed by atoms with Gasteiger partial charge in [-0.1, -0.05) is 17.6 Å². The van der Waals surface area contributed by atoms with Crippen LogP contribution in [0.3, 0.4) is 0 Å². The highest BCUT2D eigenvalue weighted by Crippen LogP contribution is 2.09. The molecule has 0 amide bonds. The number of aromatic nitrogens is 2. The molecule has 1 heterocycles. The minimum absolute atomic E-state index is 0.663. The maximum atomic E-state index is 4.31. The molecule has 13 heavy (non-hydrogen) atoms. The Bertz CT molecular complexity index is 442. The highest BCUT2D eigenvalue weighted by Gasteiger charge is 1.97. The van der Waals surface area contributed by atoms with Gasteiger partial charge in [0.15, 0.2) is 0 Å². The summed E-state index contributed by atoms with van der Waals surface area (Å²) in [6.45, 7) is 0. The lowest BCUT2D eigenvalue weighted by atomic mass is 9.95. The van der Waals surface area contributed by atoms with Gasteiger partial charge in [-0.3, -0.25) is 0 Å². The molecule has 0 atom stereocenters. The number of hydrogen-bond acceptors (Lipinski definition) is 3. The van der Waals surface area contributed by atoms with Crippen molar-refractivity contribution in [3.05, 3.63) is 24.4 Å². The van der Waals surface area contributed by atoms with Crippen LogP contribution in [0.4, 0.5) is 5.95 Å². The van der Waals surface area contributed by atoms with Gasteiger partial charge in [-0.05, 0) is 6.07 Å². The standard InChI is InChI=1S/C9H10BN3/c1-11-9-12-5-6-4-7(10)2-3-8(6)13-9/h2-5H,10H2,1H3,(H,11,12,13). The minimum Gasteiger partial charge on any atom is -0.357 e. The first kappa shape index (κ1) is 8.04. The molecule has 0 saturated heterocycles. The lowest BCUT2D eigenvalue weighted by Gasteiger charge is -2.01. The van der Waals surface area contributed by atoms with Crippen LogP contribution < -0.4 is 10.8 Å². The van der Waals surface area contributed by atoms with Crippen LogP contribution in [0.5, 0.6) is 0 Å². The van der Waals surface area contributed by atoms with Crippen LogP contribution in [0.2, 0.25) is 0 Å². The maximum Gasteiger partial charge on any atom is 0.222 e. The molecule has 4 heteroatoms. The fourth-order valence-corrected chi connectivity index (χ4v) is 1.27. The van der Waals surface area contributed by atoms with Crippen molar-refractivity contribution in [3.63, 3.8) is 0 Å². The Balaban J connectivity index is 2.66. The molecule has 1 N–H and O–H groups in total. The van der Waals surface area contributed by atoms with E-state index in [-0.39, 0.29) is 0 Å². The predicted octanol–water partition coefficient (Wildman–Crippen LogP) is -0.0701. The highest BCUT2D eigenvalue weighted by molar-refractivity contribution is 6.33. The van der Waals surface area contributed by atoms with E-state index in [1.807, 2.05) is 19.3 Å². The largest absolute Gasteiger partial charge is 0.357 e. The SMILES string of the molecule is Bc1ccc2nc(NC)ncc2c1. The Kier molecular flexibility index (Phi) is 1.89. The first-order valence-electron chi connectivity index (χ1n) is 4.21. The smallest absolute Gasteiger partial charge is 0.222 e. The number of nitrogens with one attached hydrogen (secondary N) is 1. The number of nitrogens with zero attached hydrogens (tertiary/aromatic N) is 2. The van der Waals surface area contributed by atoms with E-state index in [1.54, 1.807) is 0 Å². The van der Waals surface area contributed by atoms with Crippen LogP contribution in [0.25, 0.3) is 10.9 Å². The van der Waals surface area contributed by atoms with Crippen molar-refractivity contribution in [1.82, 2.24) is 9.97 Å². The summed E-state index contributed by atoms with van der Waals surface area (Å²) in [6, 6.07) is 6.14. The Hall–Kier alpha value is -1.58. The van der Waals surface area contributed by atoms with E-state index in [9.17, 15) is 0 Å². The van der Waals surface area contributed by atoms with Gasteiger partial charge in [-0.25, -0.2) is 9.97 Å². The summed E-state index contributed by atoms with van der Waals surface area (Å²) in [5, 5.41) is 3.99. The lowest BCUT2D eigenvalue weighted by Crippen LogP contribution is -2.02. The second-order valence-electron chi connectivity index (χ2n) is 3.01. The molecule has 1 aromatic heterocycles. The van der Waals surface area contributed by atoms with Crippen molar-refractivity contribution in [2.24, 2.45) is 0 Å². The van der Waals surface area contributed by atoms with Crippen molar-refractivity contribution in [2.45, 2.75) is 0 Å². The van der Waals surface area contributed by atoms with E-state index in [4.69, 9.17) is 0 Å². The van der Waals surface area contributed by atoms with Crippen LogP contribution in [-0.4, -0.2) is 24.9 Å². The molecule has 2 rings (SSSR count). The molecule has 0 spiro atoms. The van der Waals surface area contributed by atoms with Gasteiger partial charge in [-0.2, -0.15) is 0 Å². The van der Waals surface area contributed by atoms with Crippen molar-refractivity contribution < 1.29 is 0 Å². The molecule has 3 nitrogen and oxygen atoms in total. The van der Waals surface area contributed by atoms with Gasteiger partial charge in [0.1, 0.15) is 7.85 Å². The summed E-state index contributed by atoms with van der Waals surface area (Å²) in [6.07, 6.45) is 1.83. The quantitative estimate of drug-likeness (QED) is 0.610. The van der Waals surface area contributed by atoms with Crippen LogP contribution in [0.1, 0.15) is 0 Å². The van der Waals surface area contributed by atoms with Crippen LogP contribution in [0.15, 0.2) is 24.4 Å². The molecular formula is C9H10BN3. The molecular weight excluding hydrogens is 161 g/mol. The average Bonchev–Trinajstić information content (AvgIpc) is 2.17. The Morgan fingerprint density at radius 1 is 1.38 bits per heavy atom. The van der Waals surface area contributed by atoms with Crippen molar-refractivity contribution in [3.8, 4) is 0 Å². The summed E-state index contributed by atoms with van der Waals surface area (Å²) in [7, 11) is 3.88. The second-order valence-corrected chi connectivity index (χ2v) is 3.01. The molecule has 0 radical (unpaired) electrons. The molecule has 0 saturated carbocycles. The lowest BCUT2D eigenvalue weighted by molar-refractivity contribution is 1.20. The molecule has 2 aromatic rings. The van der Waals surface area contributed by atoms with E-state index in [2.05, 4.69) is 35.3 Å². The van der Waals surface area contributed by atoms with Crippen LogP contribution in [-0.2, 0) is 0 Å². The number of benzene rings is 1. The second kappa shape index (κ2) is 3.05. The Labute approximate surface area is 77.6 Å². The average molecular weight is 171 g/mol. The highest BCUT2D eigenvalue weighted by atomic mass is 15.1. The monoisotopic (exact) mass is 171 g/mol. The molecule has 0 aliphatic rings. The van der Waals surface area contributed by atoms with Gasteiger partial charge in [0.05, 0.1) is 5.52 Å². The maximum absolute atomic E-state index is 4.31. The summed E-state index contributed by atoms with van der Waals surface area (Å²) < 4.78 is 0. The van der Waals surface area contributed by atoms with E-state index in [0.717, 1.165) is 10.9 Å². The fraction of sp³-hybridized carbons (Fsp3) is 0.111. The van der Waals surface area contributed by atoms with E-state index in [0.29, 0.717) is 5.95 Å². The fourth-order valence-electron chi connectivity index (χ4n) is 1.27. The number of anilines is 1. The first-order valence-corrected chi connectivity index (χ1v) is 4.21. The van der Waals surface area contributed by atoms with Crippen molar-refractivity contribution in [2.75, 3.05) is 12.4 Å². The van der Waals surface area contributed by atoms with Crippen LogP contribution >= 0.6 is 0 Å². The third-order valence-corrected chi connectivity index (χ3v) is 1.96. The molecule has 1 aromatic carbocycles. The summed E-state index contributed by atoms with van der Waals surface area (Å²) in [4.78, 5) is 8.46. The minimum atomic E-state index is 0.663. The topological polar surface area (TPSA) is 37.8 Å². The Morgan fingerprint density at radius 2 is 2.23 bits per heavy atom. The van der Waals surface area contributed by atoms with Crippen molar-refractivity contribution >= 4 is 30.2 Å². The van der Waals surface area contributed by atoms with Gasteiger partial charge in [0, 0.05) is 18.6 Å². The predicted molar refractivity (Wildman–Crippen MR) is 57.3 cm³/mol. The van der Waals surface area contributed by atoms with Gasteiger partial charge < -0.3 is 5.32 Å². The molecule has 0 fully saturated rings. The summed E-state index contributed by atoms with van der Waals surface area (Å²) in [5.74, 6) is 0.663. The summed E-state index contributed by atoms with van der Waals surface area (Å²) in [5.41, 5.74) is 2.21. The number of fused-ring (bicyclic) bond motifs is 1. The molecule has 0 unspecified atom stereocenters. The van der Waals surface area contributed by atoms with Gasteiger partial charge in [0.25, 0.3) is 0 Å². The number of hydrogen-bond donors (Lipinski definition) is 1. The molecule has 0 aliphatic heterocycles. The van der Waals surface area contributed by atoms with Gasteiger partial charge in [-0.15, -0.1) is 0 Å². The van der Waals surface area contributed by atoms with Gasteiger partial charge >= 0.3 is 0 Å². The van der Waals surface area contributed by atoms with E-state index >= 15 is 0 Å². The molecule has 0 bridgehead atoms. The van der Waals surface area contributed by atoms with Gasteiger partial charge in [0.2, 0.25) is 5.95 Å². The molecule has 0 aliphatic carbocycles. The Morgan fingerprint density at radius 3 is 3.00 bits per heavy atom. The molecule has 64 valence electrons. The zero-order valence-electron chi connectivity index (χ0n) is 7.70. The summed E-state index contributed by atoms with van der Waals surface area (Å²) >= 11 is 0. The zero-order valence-corrected chi connectivity index (χ0v) is 7.70. The third-order valence-electron chi connectivity index (χ3n) is 1.96.